The van der Waals surface area contributed by atoms with Crippen LogP contribution in [0, 0.1) is 17.8 Å². The van der Waals surface area contributed by atoms with Gasteiger partial charge in [0, 0.05) is 12.5 Å². The molecule has 2 unspecified atom stereocenters. The van der Waals surface area contributed by atoms with Crippen molar-refractivity contribution < 1.29 is 18.8 Å². The van der Waals surface area contributed by atoms with Crippen molar-refractivity contribution in [1.29, 1.82) is 0 Å². The average molecular weight is 386 g/mol. The molecule has 28 heavy (non-hydrogen) atoms. The number of likely N-dealkylation sites (tertiary alicyclic amines) is 2. The molecule has 0 N–H and O–H groups in total. The number of amides is 2. The number of carbonyl (C=O) groups is 3. The Morgan fingerprint density at radius 3 is 2.21 bits per heavy atom. The summed E-state index contributed by atoms with van der Waals surface area (Å²) in [4.78, 5) is 41.3. The number of piperidine rings is 1. The summed E-state index contributed by atoms with van der Waals surface area (Å²) in [6, 6.07) is 3.50. The summed E-state index contributed by atoms with van der Waals surface area (Å²) in [5.41, 5.74) is 0. The molecule has 0 radical (unpaired) electrons. The molecule has 0 spiro atoms. The Balaban J connectivity index is 1.16. The summed E-state index contributed by atoms with van der Waals surface area (Å²) in [5, 5.41) is 0. The molecule has 152 valence electrons. The molecule has 3 fully saturated rings. The first-order valence-corrected chi connectivity index (χ1v) is 10.8. The first kappa shape index (κ1) is 19.4. The Morgan fingerprint density at radius 1 is 0.964 bits per heavy atom. The van der Waals surface area contributed by atoms with E-state index in [1.807, 2.05) is 0 Å². The van der Waals surface area contributed by atoms with Gasteiger partial charge < -0.3 is 9.32 Å². The van der Waals surface area contributed by atoms with Crippen LogP contribution in [0.2, 0.25) is 0 Å². The summed E-state index contributed by atoms with van der Waals surface area (Å²) in [7, 11) is 0. The Labute approximate surface area is 166 Å². The van der Waals surface area contributed by atoms with Gasteiger partial charge in [-0.3, -0.25) is 19.3 Å². The molecular weight excluding hydrogens is 356 g/mol. The van der Waals surface area contributed by atoms with Crippen LogP contribution >= 0.6 is 0 Å². The highest BCUT2D eigenvalue weighted by atomic mass is 16.3. The Kier molecular flexibility index (Phi) is 5.95. The number of imide groups is 1. The smallest absolute Gasteiger partial charge is 0.233 e. The minimum atomic E-state index is -0.0352. The predicted octanol–water partition coefficient (Wildman–Crippen LogP) is 3.13. The van der Waals surface area contributed by atoms with Gasteiger partial charge in [0.25, 0.3) is 0 Å². The molecule has 0 bridgehead atoms. The van der Waals surface area contributed by atoms with E-state index in [9.17, 15) is 14.4 Å². The summed E-state index contributed by atoms with van der Waals surface area (Å²) < 4.78 is 5.23. The second-order valence-electron chi connectivity index (χ2n) is 8.49. The fraction of sp³-hybridized carbons (Fsp3) is 0.682. The second-order valence-corrected chi connectivity index (χ2v) is 8.49. The molecule has 1 aromatic rings. The minimum absolute atomic E-state index is 0.0352. The van der Waals surface area contributed by atoms with Crippen LogP contribution in [0.25, 0.3) is 0 Å². The molecule has 2 aliphatic heterocycles. The summed E-state index contributed by atoms with van der Waals surface area (Å²) in [6.07, 6.45) is 9.05. The van der Waals surface area contributed by atoms with Gasteiger partial charge in [0.2, 0.25) is 17.6 Å². The third kappa shape index (κ3) is 3.93. The van der Waals surface area contributed by atoms with E-state index in [2.05, 4.69) is 4.90 Å². The lowest BCUT2D eigenvalue weighted by Crippen LogP contribution is -2.37. The number of unbranched alkanes of at least 4 members (excludes halogenated alkanes) is 1. The molecule has 1 aliphatic carbocycles. The molecular formula is C22H30N2O4. The molecule has 6 nitrogen and oxygen atoms in total. The van der Waals surface area contributed by atoms with Gasteiger partial charge in [0.15, 0.2) is 5.76 Å². The molecule has 2 saturated heterocycles. The van der Waals surface area contributed by atoms with Crippen LogP contribution in [-0.4, -0.2) is 53.6 Å². The van der Waals surface area contributed by atoms with Crippen LogP contribution in [0.4, 0.5) is 0 Å². The van der Waals surface area contributed by atoms with E-state index in [4.69, 9.17) is 4.42 Å². The van der Waals surface area contributed by atoms with E-state index in [1.54, 1.807) is 18.4 Å². The van der Waals surface area contributed by atoms with Crippen molar-refractivity contribution in [3.63, 3.8) is 0 Å². The van der Waals surface area contributed by atoms with Gasteiger partial charge in [0.05, 0.1) is 18.1 Å². The van der Waals surface area contributed by atoms with Crippen molar-refractivity contribution in [3.8, 4) is 0 Å². The van der Waals surface area contributed by atoms with Crippen LogP contribution in [0.1, 0.15) is 61.9 Å². The normalized spacial score (nSPS) is 26.6. The number of ketones is 1. The van der Waals surface area contributed by atoms with Gasteiger partial charge in [0.1, 0.15) is 0 Å². The van der Waals surface area contributed by atoms with E-state index < -0.39 is 0 Å². The topological polar surface area (TPSA) is 70.8 Å². The Hall–Kier alpha value is -1.95. The van der Waals surface area contributed by atoms with Crippen LogP contribution in [0.5, 0.6) is 0 Å². The number of furan rings is 1. The largest absolute Gasteiger partial charge is 0.461 e. The molecule has 1 saturated carbocycles. The number of fused-ring (bicyclic) bond motifs is 1. The monoisotopic (exact) mass is 386 g/mol. The van der Waals surface area contributed by atoms with Crippen LogP contribution in [0.15, 0.2) is 22.8 Å². The van der Waals surface area contributed by atoms with Gasteiger partial charge in [-0.05, 0) is 70.3 Å². The molecule has 3 aliphatic rings. The zero-order valence-electron chi connectivity index (χ0n) is 16.5. The van der Waals surface area contributed by atoms with Crippen LogP contribution in [0.3, 0.4) is 0 Å². The van der Waals surface area contributed by atoms with Crippen molar-refractivity contribution in [2.75, 3.05) is 26.2 Å². The molecule has 4 rings (SSSR count). The van der Waals surface area contributed by atoms with E-state index in [-0.39, 0.29) is 35.4 Å². The lowest BCUT2D eigenvalue weighted by Gasteiger charge is -2.31. The van der Waals surface area contributed by atoms with Gasteiger partial charge in [-0.1, -0.05) is 12.8 Å². The van der Waals surface area contributed by atoms with Crippen molar-refractivity contribution >= 4 is 17.6 Å². The van der Waals surface area contributed by atoms with E-state index in [0.717, 1.165) is 71.0 Å². The van der Waals surface area contributed by atoms with Crippen LogP contribution in [-0.2, 0) is 9.59 Å². The lowest BCUT2D eigenvalue weighted by atomic mass is 9.81. The maximum absolute atomic E-state index is 12.5. The zero-order chi connectivity index (χ0) is 19.5. The average Bonchev–Trinajstić information content (AvgIpc) is 3.35. The highest BCUT2D eigenvalue weighted by molar-refractivity contribution is 6.05. The second kappa shape index (κ2) is 8.60. The lowest BCUT2D eigenvalue weighted by molar-refractivity contribution is -0.140. The highest BCUT2D eigenvalue weighted by Gasteiger charge is 2.47. The number of Topliss-reactive ketones (excluding diaryl/α,β-unsaturated/α-hetero) is 1. The van der Waals surface area contributed by atoms with Crippen LogP contribution < -0.4 is 0 Å². The third-order valence-corrected chi connectivity index (χ3v) is 6.76. The van der Waals surface area contributed by atoms with E-state index in [0.29, 0.717) is 12.3 Å². The number of carbonyl (C=O) groups excluding carboxylic acids is 3. The quantitative estimate of drug-likeness (QED) is 0.409. The fourth-order valence-electron chi connectivity index (χ4n) is 5.10. The predicted molar refractivity (Wildman–Crippen MR) is 104 cm³/mol. The molecule has 6 heteroatoms. The molecule has 1 aromatic heterocycles. The van der Waals surface area contributed by atoms with Crippen molar-refractivity contribution in [1.82, 2.24) is 9.80 Å². The van der Waals surface area contributed by atoms with Crippen molar-refractivity contribution in [2.45, 2.75) is 51.4 Å². The van der Waals surface area contributed by atoms with Gasteiger partial charge >= 0.3 is 0 Å². The van der Waals surface area contributed by atoms with Gasteiger partial charge in [-0.25, -0.2) is 0 Å². The molecule has 3 heterocycles. The number of hydrogen-bond acceptors (Lipinski definition) is 5. The SMILES string of the molecule is O=C(c1ccco1)C1CCN(CCCCN2C(=O)C3CCCCC3C2=O)CC1. The van der Waals surface area contributed by atoms with Gasteiger partial charge in [-0.15, -0.1) is 0 Å². The number of hydrogen-bond donors (Lipinski definition) is 0. The standard InChI is InChI=1S/C22H30N2O4/c25-20(19-8-5-15-28-19)16-9-13-23(14-10-16)11-3-4-12-24-21(26)17-6-1-2-7-18(17)22(24)27/h5,8,15-18H,1-4,6-7,9-14H2. The van der Waals surface area contributed by atoms with Crippen molar-refractivity contribution in [3.05, 3.63) is 24.2 Å². The molecule has 2 amide bonds. The van der Waals surface area contributed by atoms with E-state index >= 15 is 0 Å². The summed E-state index contributed by atoms with van der Waals surface area (Å²) in [5.74, 6) is 0.736. The summed E-state index contributed by atoms with van der Waals surface area (Å²) >= 11 is 0. The molecule has 0 aromatic carbocycles. The minimum Gasteiger partial charge on any atom is -0.461 e. The zero-order valence-corrected chi connectivity index (χ0v) is 16.5. The number of rotatable bonds is 7. The number of nitrogens with zero attached hydrogens (tertiary/aromatic N) is 2. The molecule has 2 atom stereocenters. The summed E-state index contributed by atoms with van der Waals surface area (Å²) in [6.45, 7) is 3.37. The first-order chi connectivity index (χ1) is 13.6. The maximum Gasteiger partial charge on any atom is 0.233 e. The van der Waals surface area contributed by atoms with Crippen molar-refractivity contribution in [2.24, 2.45) is 17.8 Å². The third-order valence-electron chi connectivity index (χ3n) is 6.76. The van der Waals surface area contributed by atoms with E-state index in [1.165, 1.54) is 4.90 Å². The Bertz CT molecular complexity index is 682. The highest BCUT2D eigenvalue weighted by Crippen LogP contribution is 2.38. The maximum atomic E-state index is 12.5. The fourth-order valence-corrected chi connectivity index (χ4v) is 5.10. The Morgan fingerprint density at radius 2 is 1.61 bits per heavy atom. The first-order valence-electron chi connectivity index (χ1n) is 10.8. The van der Waals surface area contributed by atoms with Gasteiger partial charge in [-0.2, -0.15) is 0 Å².